The Balaban J connectivity index is 1.41. The third kappa shape index (κ3) is 4.02. The first-order valence-corrected chi connectivity index (χ1v) is 9.54. The van der Waals surface area contributed by atoms with E-state index in [1.807, 2.05) is 26.1 Å². The summed E-state index contributed by atoms with van der Waals surface area (Å²) in [7, 11) is 0. The molecule has 0 bridgehead atoms. The maximum Gasteiger partial charge on any atom is 0.228 e. The van der Waals surface area contributed by atoms with Gasteiger partial charge in [0.1, 0.15) is 5.82 Å². The van der Waals surface area contributed by atoms with E-state index in [9.17, 15) is 0 Å². The molecule has 1 N–H and O–H groups in total. The summed E-state index contributed by atoms with van der Waals surface area (Å²) < 4.78 is 5.54. The fourth-order valence-corrected chi connectivity index (χ4v) is 4.07. The third-order valence-electron chi connectivity index (χ3n) is 5.43. The Kier molecular flexibility index (Phi) is 5.13. The summed E-state index contributed by atoms with van der Waals surface area (Å²) in [6, 6.07) is 6.90. The predicted octanol–water partition coefficient (Wildman–Crippen LogP) is 3.20. The molecule has 6 nitrogen and oxygen atoms in total. The van der Waals surface area contributed by atoms with Gasteiger partial charge in [-0.05, 0) is 75.9 Å². The van der Waals surface area contributed by atoms with E-state index in [4.69, 9.17) is 4.74 Å². The molecule has 0 aliphatic carbocycles. The van der Waals surface area contributed by atoms with Crippen molar-refractivity contribution >= 4 is 11.8 Å². The number of nitrogens with zero attached hydrogens (tertiary/aromatic N) is 4. The number of nitrogens with one attached hydrogen (secondary N) is 1. The Morgan fingerprint density at radius 3 is 2.54 bits per heavy atom. The summed E-state index contributed by atoms with van der Waals surface area (Å²) in [4.78, 5) is 15.9. The monoisotopic (exact) mass is 353 g/mol. The van der Waals surface area contributed by atoms with Crippen molar-refractivity contribution < 1.29 is 4.74 Å². The van der Waals surface area contributed by atoms with Gasteiger partial charge in [0.2, 0.25) is 5.95 Å². The zero-order valence-corrected chi connectivity index (χ0v) is 15.6. The van der Waals surface area contributed by atoms with Crippen LogP contribution in [0.25, 0.3) is 0 Å². The molecule has 0 saturated carbocycles. The highest BCUT2D eigenvalue weighted by atomic mass is 16.5. The van der Waals surface area contributed by atoms with Crippen LogP contribution < -0.4 is 5.32 Å². The van der Waals surface area contributed by atoms with E-state index in [2.05, 4.69) is 37.3 Å². The van der Waals surface area contributed by atoms with Crippen molar-refractivity contribution in [2.75, 3.05) is 31.6 Å². The van der Waals surface area contributed by atoms with Crippen LogP contribution in [-0.2, 0) is 4.74 Å². The fraction of sp³-hybridized carbons (Fsp3) is 0.550. The molecule has 0 aromatic carbocycles. The quantitative estimate of drug-likeness (QED) is 0.911. The van der Waals surface area contributed by atoms with Crippen LogP contribution in [0.1, 0.15) is 42.1 Å². The van der Waals surface area contributed by atoms with Gasteiger partial charge in [-0.2, -0.15) is 0 Å². The molecule has 2 saturated heterocycles. The minimum atomic E-state index is 0.595. The lowest BCUT2D eigenvalue weighted by atomic mass is 9.89. The molecule has 6 heteroatoms. The number of likely N-dealkylation sites (tertiary alicyclic amines) is 1. The van der Waals surface area contributed by atoms with Gasteiger partial charge >= 0.3 is 0 Å². The number of piperidine rings is 1. The summed E-state index contributed by atoms with van der Waals surface area (Å²) in [5.41, 5.74) is 3.27. The second-order valence-corrected chi connectivity index (χ2v) is 7.40. The first-order valence-electron chi connectivity index (χ1n) is 9.54. The van der Waals surface area contributed by atoms with E-state index in [-0.39, 0.29) is 0 Å². The van der Waals surface area contributed by atoms with Crippen LogP contribution in [-0.4, -0.2) is 52.2 Å². The number of anilines is 2. The lowest BCUT2D eigenvalue weighted by molar-refractivity contribution is 0.122. The lowest BCUT2D eigenvalue weighted by Crippen LogP contribution is -2.41. The van der Waals surface area contributed by atoms with Crippen molar-refractivity contribution in [1.82, 2.24) is 19.9 Å². The molecular weight excluding hydrogens is 326 g/mol. The SMILES string of the molecule is Cc1cc(C)nc(Nc2cc(C3CCN([C@H]4CCOC4)CC3)ccn2)n1. The van der Waals surface area contributed by atoms with Crippen LogP contribution in [0.3, 0.4) is 0 Å². The molecule has 2 aliphatic heterocycles. The van der Waals surface area contributed by atoms with Gasteiger partial charge in [0.05, 0.1) is 6.61 Å². The second kappa shape index (κ2) is 7.68. The van der Waals surface area contributed by atoms with Crippen LogP contribution >= 0.6 is 0 Å². The number of aryl methyl sites for hydroxylation is 2. The van der Waals surface area contributed by atoms with Gasteiger partial charge in [0.25, 0.3) is 0 Å². The smallest absolute Gasteiger partial charge is 0.228 e. The first kappa shape index (κ1) is 17.4. The zero-order chi connectivity index (χ0) is 17.9. The molecular formula is C20H27N5O. The van der Waals surface area contributed by atoms with Gasteiger partial charge in [-0.1, -0.05) is 0 Å². The van der Waals surface area contributed by atoms with Gasteiger partial charge in [0.15, 0.2) is 0 Å². The minimum Gasteiger partial charge on any atom is -0.380 e. The largest absolute Gasteiger partial charge is 0.380 e. The topological polar surface area (TPSA) is 63.2 Å². The maximum absolute atomic E-state index is 5.54. The zero-order valence-electron chi connectivity index (χ0n) is 15.6. The van der Waals surface area contributed by atoms with Gasteiger partial charge in [0, 0.05) is 30.2 Å². The highest BCUT2D eigenvalue weighted by Crippen LogP contribution is 2.31. The highest BCUT2D eigenvalue weighted by molar-refractivity contribution is 5.49. The number of rotatable bonds is 4. The van der Waals surface area contributed by atoms with Crippen LogP contribution in [0.4, 0.5) is 11.8 Å². The highest BCUT2D eigenvalue weighted by Gasteiger charge is 2.28. The first-order chi connectivity index (χ1) is 12.7. The van der Waals surface area contributed by atoms with Crippen molar-refractivity contribution in [3.63, 3.8) is 0 Å². The molecule has 2 aromatic rings. The van der Waals surface area contributed by atoms with E-state index in [0.29, 0.717) is 17.9 Å². The van der Waals surface area contributed by atoms with Crippen LogP contribution in [0.5, 0.6) is 0 Å². The lowest BCUT2D eigenvalue weighted by Gasteiger charge is -2.35. The Labute approximate surface area is 155 Å². The van der Waals surface area contributed by atoms with E-state index in [1.165, 1.54) is 24.8 Å². The Bertz CT molecular complexity index is 731. The van der Waals surface area contributed by atoms with E-state index < -0.39 is 0 Å². The van der Waals surface area contributed by atoms with Crippen molar-refractivity contribution in [3.8, 4) is 0 Å². The minimum absolute atomic E-state index is 0.595. The Morgan fingerprint density at radius 2 is 1.85 bits per heavy atom. The number of hydrogen-bond donors (Lipinski definition) is 1. The molecule has 2 fully saturated rings. The van der Waals surface area contributed by atoms with Crippen LogP contribution in [0.2, 0.25) is 0 Å². The molecule has 1 atom stereocenters. The van der Waals surface area contributed by atoms with Crippen LogP contribution in [0.15, 0.2) is 24.4 Å². The average Bonchev–Trinajstić information content (AvgIpc) is 3.16. The molecule has 4 heterocycles. The van der Waals surface area contributed by atoms with Gasteiger partial charge in [-0.25, -0.2) is 15.0 Å². The number of pyridine rings is 1. The summed E-state index contributed by atoms with van der Waals surface area (Å²) in [6.07, 6.45) is 5.46. The van der Waals surface area contributed by atoms with E-state index >= 15 is 0 Å². The maximum atomic E-state index is 5.54. The summed E-state index contributed by atoms with van der Waals surface area (Å²) in [5.74, 6) is 2.03. The predicted molar refractivity (Wildman–Crippen MR) is 102 cm³/mol. The molecule has 0 unspecified atom stereocenters. The molecule has 2 aliphatic rings. The Morgan fingerprint density at radius 1 is 1.08 bits per heavy atom. The van der Waals surface area contributed by atoms with Crippen molar-refractivity contribution in [2.45, 2.75) is 45.1 Å². The van der Waals surface area contributed by atoms with Crippen molar-refractivity contribution in [3.05, 3.63) is 41.3 Å². The summed E-state index contributed by atoms with van der Waals surface area (Å²) in [5, 5.41) is 3.26. The van der Waals surface area contributed by atoms with Gasteiger partial charge in [-0.15, -0.1) is 0 Å². The van der Waals surface area contributed by atoms with Gasteiger partial charge < -0.3 is 10.1 Å². The average molecular weight is 353 g/mol. The molecule has 138 valence electrons. The van der Waals surface area contributed by atoms with E-state index in [1.54, 1.807) is 0 Å². The fourth-order valence-electron chi connectivity index (χ4n) is 4.07. The molecule has 2 aromatic heterocycles. The van der Waals surface area contributed by atoms with Crippen LogP contribution in [0, 0.1) is 13.8 Å². The molecule has 0 spiro atoms. The third-order valence-corrected chi connectivity index (χ3v) is 5.43. The van der Waals surface area contributed by atoms with Crippen molar-refractivity contribution in [1.29, 1.82) is 0 Å². The molecule has 4 rings (SSSR count). The molecule has 0 radical (unpaired) electrons. The number of ether oxygens (including phenoxy) is 1. The van der Waals surface area contributed by atoms with Gasteiger partial charge in [-0.3, -0.25) is 4.90 Å². The Hall–Kier alpha value is -2.05. The number of hydrogen-bond acceptors (Lipinski definition) is 6. The normalized spacial score (nSPS) is 21.8. The number of aromatic nitrogens is 3. The summed E-state index contributed by atoms with van der Waals surface area (Å²) >= 11 is 0. The standard InChI is InChI=1S/C20H27N5O/c1-14-11-15(2)23-20(22-14)24-19-12-17(3-7-21-19)16-4-8-25(9-5-16)18-6-10-26-13-18/h3,7,11-12,16,18H,4-6,8-10,13H2,1-2H3,(H,21,22,23,24)/t18-/m0/s1. The second-order valence-electron chi connectivity index (χ2n) is 7.40. The van der Waals surface area contributed by atoms with E-state index in [0.717, 1.165) is 43.5 Å². The molecule has 0 amide bonds. The summed E-state index contributed by atoms with van der Waals surface area (Å²) in [6.45, 7) is 8.10. The van der Waals surface area contributed by atoms with Crippen molar-refractivity contribution in [2.24, 2.45) is 0 Å². The molecule has 26 heavy (non-hydrogen) atoms.